The molecule has 0 aliphatic carbocycles. The fourth-order valence-corrected chi connectivity index (χ4v) is 4.85. The number of carbonyl (C=O) groups is 1. The molecule has 0 bridgehead atoms. The van der Waals surface area contributed by atoms with E-state index in [1.54, 1.807) is 23.7 Å². The number of pyridine rings is 1. The fourth-order valence-electron chi connectivity index (χ4n) is 3.25. The molecule has 4 rings (SSSR count). The van der Waals surface area contributed by atoms with Gasteiger partial charge >= 0.3 is 0 Å². The highest BCUT2D eigenvalue weighted by molar-refractivity contribution is 8.00. The van der Waals surface area contributed by atoms with Crippen LogP contribution in [0.2, 0.25) is 0 Å². The van der Waals surface area contributed by atoms with Crippen molar-refractivity contribution in [1.82, 2.24) is 25.1 Å². The lowest BCUT2D eigenvalue weighted by atomic mass is 10.1. The molecule has 32 heavy (non-hydrogen) atoms. The molecule has 0 aliphatic heterocycles. The number of nitrogens with zero attached hydrogens (tertiary/aromatic N) is 4. The lowest BCUT2D eigenvalue weighted by Gasteiger charge is -2.15. The Balaban J connectivity index is 1.57. The van der Waals surface area contributed by atoms with Crippen LogP contribution in [0.15, 0.2) is 65.4 Å². The zero-order chi connectivity index (χ0) is 22.5. The lowest BCUT2D eigenvalue weighted by Crippen LogP contribution is -2.32. The predicted octanol–water partition coefficient (Wildman–Crippen LogP) is 4.85. The zero-order valence-electron chi connectivity index (χ0n) is 18.3. The summed E-state index contributed by atoms with van der Waals surface area (Å²) in [5.41, 5.74) is 4.30. The Hall–Kier alpha value is -2.97. The van der Waals surface area contributed by atoms with Crippen LogP contribution in [0.5, 0.6) is 0 Å². The van der Waals surface area contributed by atoms with E-state index >= 15 is 0 Å². The van der Waals surface area contributed by atoms with Crippen LogP contribution in [0.4, 0.5) is 0 Å². The molecule has 0 saturated heterocycles. The van der Waals surface area contributed by atoms with E-state index in [4.69, 9.17) is 0 Å². The van der Waals surface area contributed by atoms with Crippen molar-refractivity contribution in [3.05, 3.63) is 76.2 Å². The number of nitrogens with one attached hydrogen (secondary N) is 1. The summed E-state index contributed by atoms with van der Waals surface area (Å²) in [6, 6.07) is 14.2. The Kier molecular flexibility index (Phi) is 7.02. The van der Waals surface area contributed by atoms with Crippen LogP contribution in [0.3, 0.4) is 0 Å². The summed E-state index contributed by atoms with van der Waals surface area (Å²) in [4.78, 5) is 18.1. The third-order valence-corrected chi connectivity index (χ3v) is 7.20. The van der Waals surface area contributed by atoms with E-state index in [1.807, 2.05) is 29.7 Å². The summed E-state index contributed by atoms with van der Waals surface area (Å²) in [6.07, 6.45) is 4.32. The van der Waals surface area contributed by atoms with E-state index in [1.165, 1.54) is 27.8 Å². The summed E-state index contributed by atoms with van der Waals surface area (Å²) in [6.45, 7) is 6.70. The van der Waals surface area contributed by atoms with Crippen LogP contribution in [-0.2, 0) is 11.2 Å². The third kappa shape index (κ3) is 5.08. The monoisotopic (exact) mass is 463 g/mol. The average Bonchev–Trinajstić information content (AvgIpc) is 3.46. The molecule has 1 amide bonds. The molecule has 1 N–H and O–H groups in total. The summed E-state index contributed by atoms with van der Waals surface area (Å²) >= 11 is 3.12. The number of amides is 1. The largest absolute Gasteiger partial charge is 0.355 e. The van der Waals surface area contributed by atoms with Crippen molar-refractivity contribution in [2.24, 2.45) is 0 Å². The molecule has 4 aromatic rings. The van der Waals surface area contributed by atoms with Gasteiger partial charge in [0.1, 0.15) is 0 Å². The topological polar surface area (TPSA) is 72.7 Å². The van der Waals surface area contributed by atoms with Crippen LogP contribution in [-0.4, -0.2) is 37.5 Å². The molecule has 0 aliphatic rings. The molecule has 1 aromatic carbocycles. The minimum absolute atomic E-state index is 0.00773. The average molecular weight is 464 g/mol. The van der Waals surface area contributed by atoms with Crippen LogP contribution in [0.1, 0.15) is 22.9 Å². The van der Waals surface area contributed by atoms with Crippen molar-refractivity contribution in [1.29, 1.82) is 0 Å². The Morgan fingerprint density at radius 1 is 1.12 bits per heavy atom. The molecule has 1 atom stereocenters. The van der Waals surface area contributed by atoms with Crippen molar-refractivity contribution in [2.75, 3.05) is 6.54 Å². The first-order valence-electron chi connectivity index (χ1n) is 10.4. The van der Waals surface area contributed by atoms with E-state index in [0.29, 0.717) is 11.7 Å². The van der Waals surface area contributed by atoms with Gasteiger partial charge in [-0.05, 0) is 74.0 Å². The fraction of sp³-hybridized carbons (Fsp3) is 0.250. The number of benzene rings is 1. The van der Waals surface area contributed by atoms with Gasteiger partial charge < -0.3 is 5.32 Å². The first-order valence-corrected chi connectivity index (χ1v) is 12.2. The number of thioether (sulfide) groups is 1. The maximum absolute atomic E-state index is 12.7. The standard InChI is InChI=1S/C24H25N5OS2/c1-16-6-7-20(15-17(16)2)29-22(19-8-11-25-12-9-19)27-28-24(29)32-18(3)23(30)26-13-10-21-5-4-14-31-21/h4-9,11-12,14-15,18H,10,13H2,1-3H3,(H,26,30). The number of hydrogen-bond acceptors (Lipinski definition) is 6. The minimum atomic E-state index is -0.307. The molecule has 3 aromatic heterocycles. The van der Waals surface area contributed by atoms with E-state index in [0.717, 1.165) is 23.5 Å². The van der Waals surface area contributed by atoms with Crippen LogP contribution >= 0.6 is 23.1 Å². The molecule has 164 valence electrons. The first kappa shape index (κ1) is 22.2. The van der Waals surface area contributed by atoms with Crippen molar-refractivity contribution in [3.63, 3.8) is 0 Å². The number of rotatable bonds is 8. The molecule has 0 spiro atoms. The highest BCUT2D eigenvalue weighted by Crippen LogP contribution is 2.30. The Labute approximate surface area is 196 Å². The number of carbonyl (C=O) groups excluding carboxylic acids is 1. The van der Waals surface area contributed by atoms with Gasteiger partial charge in [-0.3, -0.25) is 14.3 Å². The van der Waals surface area contributed by atoms with Gasteiger partial charge in [-0.1, -0.05) is 23.9 Å². The quantitative estimate of drug-likeness (QED) is 0.378. The second-order valence-corrected chi connectivity index (χ2v) is 9.87. The van der Waals surface area contributed by atoms with Gasteiger partial charge in [0.05, 0.1) is 10.9 Å². The summed E-state index contributed by atoms with van der Waals surface area (Å²) < 4.78 is 2.02. The van der Waals surface area contributed by atoms with Crippen molar-refractivity contribution >= 4 is 29.0 Å². The SMILES string of the molecule is Cc1ccc(-n2c(SC(C)C(=O)NCCc3cccs3)nnc2-c2ccncc2)cc1C. The second kappa shape index (κ2) is 10.1. The van der Waals surface area contributed by atoms with E-state index < -0.39 is 0 Å². The number of aromatic nitrogens is 4. The van der Waals surface area contributed by atoms with E-state index in [2.05, 4.69) is 64.0 Å². The van der Waals surface area contributed by atoms with Gasteiger partial charge in [0, 0.05) is 29.4 Å². The molecule has 6 nitrogen and oxygen atoms in total. The molecule has 1 unspecified atom stereocenters. The minimum Gasteiger partial charge on any atom is -0.355 e. The normalized spacial score (nSPS) is 12.0. The molecule has 0 saturated carbocycles. The molecular formula is C24H25N5OS2. The molecule has 3 heterocycles. The zero-order valence-corrected chi connectivity index (χ0v) is 19.9. The van der Waals surface area contributed by atoms with Crippen LogP contribution in [0, 0.1) is 13.8 Å². The van der Waals surface area contributed by atoms with Crippen LogP contribution < -0.4 is 5.32 Å². The Morgan fingerprint density at radius 2 is 1.94 bits per heavy atom. The van der Waals surface area contributed by atoms with Crippen molar-refractivity contribution < 1.29 is 4.79 Å². The van der Waals surface area contributed by atoms with E-state index in [-0.39, 0.29) is 11.2 Å². The second-order valence-electron chi connectivity index (χ2n) is 7.53. The predicted molar refractivity (Wildman–Crippen MR) is 130 cm³/mol. The highest BCUT2D eigenvalue weighted by atomic mass is 32.2. The smallest absolute Gasteiger partial charge is 0.233 e. The number of aryl methyl sites for hydroxylation is 2. The third-order valence-electron chi connectivity index (χ3n) is 5.22. The molecular weight excluding hydrogens is 438 g/mol. The maximum atomic E-state index is 12.7. The Morgan fingerprint density at radius 3 is 2.66 bits per heavy atom. The van der Waals surface area contributed by atoms with Gasteiger partial charge in [-0.25, -0.2) is 0 Å². The van der Waals surface area contributed by atoms with Crippen molar-refractivity contribution in [3.8, 4) is 17.1 Å². The molecule has 0 radical (unpaired) electrons. The number of hydrogen-bond donors (Lipinski definition) is 1. The highest BCUT2D eigenvalue weighted by Gasteiger charge is 2.22. The maximum Gasteiger partial charge on any atom is 0.233 e. The number of thiophene rings is 1. The Bertz CT molecular complexity index is 1190. The van der Waals surface area contributed by atoms with Crippen LogP contribution in [0.25, 0.3) is 17.1 Å². The molecule has 8 heteroatoms. The first-order chi connectivity index (χ1) is 15.5. The van der Waals surface area contributed by atoms with Gasteiger partial charge in [-0.15, -0.1) is 21.5 Å². The summed E-state index contributed by atoms with van der Waals surface area (Å²) in [7, 11) is 0. The summed E-state index contributed by atoms with van der Waals surface area (Å²) in [5, 5.41) is 14.4. The van der Waals surface area contributed by atoms with Gasteiger partial charge in [0.2, 0.25) is 5.91 Å². The molecule has 0 fully saturated rings. The summed E-state index contributed by atoms with van der Waals surface area (Å²) in [5.74, 6) is 0.718. The van der Waals surface area contributed by atoms with Crippen molar-refractivity contribution in [2.45, 2.75) is 37.6 Å². The van der Waals surface area contributed by atoms with E-state index in [9.17, 15) is 4.79 Å². The van der Waals surface area contributed by atoms with Gasteiger partial charge in [0.25, 0.3) is 0 Å². The van der Waals surface area contributed by atoms with Gasteiger partial charge in [-0.2, -0.15) is 0 Å². The van der Waals surface area contributed by atoms with Gasteiger partial charge in [0.15, 0.2) is 11.0 Å². The lowest BCUT2D eigenvalue weighted by molar-refractivity contribution is -0.120.